The van der Waals surface area contributed by atoms with Crippen LogP contribution in [0.2, 0.25) is 0 Å². The van der Waals surface area contributed by atoms with E-state index in [1.165, 1.54) is 0 Å². The Kier molecular flexibility index (Phi) is 5.87. The Hall–Kier alpha value is -1.75. The highest BCUT2D eigenvalue weighted by atomic mass is 16.5. The van der Waals surface area contributed by atoms with E-state index in [4.69, 9.17) is 14.2 Å². The molecule has 21 heavy (non-hydrogen) atoms. The molecule has 1 N–H and O–H groups in total. The Morgan fingerprint density at radius 3 is 2.67 bits per heavy atom. The molecule has 5 heteroatoms. The van der Waals surface area contributed by atoms with Crippen molar-refractivity contribution >= 4 is 5.91 Å². The lowest BCUT2D eigenvalue weighted by Gasteiger charge is -2.18. The number of carbonyl (C=O) groups excluding carboxylic acids is 1. The third-order valence-corrected chi connectivity index (χ3v) is 3.53. The van der Waals surface area contributed by atoms with E-state index in [0.29, 0.717) is 18.7 Å². The van der Waals surface area contributed by atoms with Crippen molar-refractivity contribution in [2.24, 2.45) is 0 Å². The molecule has 1 aliphatic rings. The molecule has 1 saturated heterocycles. The summed E-state index contributed by atoms with van der Waals surface area (Å²) in [5.41, 5.74) is 0. The lowest BCUT2D eigenvalue weighted by Crippen LogP contribution is -2.41. The molecule has 0 radical (unpaired) electrons. The summed E-state index contributed by atoms with van der Waals surface area (Å²) in [7, 11) is 1.61. The minimum absolute atomic E-state index is 0.0937. The van der Waals surface area contributed by atoms with Gasteiger partial charge < -0.3 is 19.5 Å². The predicted molar refractivity (Wildman–Crippen MR) is 79.7 cm³/mol. The van der Waals surface area contributed by atoms with E-state index < -0.39 is 6.10 Å². The zero-order valence-corrected chi connectivity index (χ0v) is 12.6. The highest BCUT2D eigenvalue weighted by Crippen LogP contribution is 2.19. The zero-order chi connectivity index (χ0) is 15.1. The van der Waals surface area contributed by atoms with Gasteiger partial charge in [0.1, 0.15) is 11.5 Å². The van der Waals surface area contributed by atoms with E-state index in [-0.39, 0.29) is 12.0 Å². The molecule has 1 aromatic carbocycles. The molecule has 116 valence electrons. The van der Waals surface area contributed by atoms with Gasteiger partial charge in [-0.3, -0.25) is 4.79 Å². The summed E-state index contributed by atoms with van der Waals surface area (Å²) in [5, 5.41) is 2.90. The number of nitrogens with one attached hydrogen (secondary N) is 1. The second-order valence-electron chi connectivity index (χ2n) is 5.07. The largest absolute Gasteiger partial charge is 0.497 e. The minimum atomic E-state index is -0.486. The Morgan fingerprint density at radius 1 is 1.38 bits per heavy atom. The number of ether oxygens (including phenoxy) is 3. The SMILES string of the molecule is CC[C@@H](Oc1ccc(OC)cc1)C(=O)NC[C@@H]1CCCO1. The third kappa shape index (κ3) is 4.63. The van der Waals surface area contributed by atoms with Crippen LogP contribution in [-0.4, -0.2) is 38.4 Å². The topological polar surface area (TPSA) is 56.8 Å². The first-order chi connectivity index (χ1) is 10.2. The van der Waals surface area contributed by atoms with Crippen LogP contribution in [-0.2, 0) is 9.53 Å². The molecule has 2 rings (SSSR count). The average molecular weight is 293 g/mol. The molecule has 1 amide bonds. The molecule has 0 aliphatic carbocycles. The summed E-state index contributed by atoms with van der Waals surface area (Å²) in [5.74, 6) is 1.33. The molecule has 5 nitrogen and oxygen atoms in total. The molecule has 0 spiro atoms. The van der Waals surface area contributed by atoms with Crippen LogP contribution in [0.3, 0.4) is 0 Å². The standard InChI is InChI=1S/C16H23NO4/c1-3-15(16(18)17-11-14-5-4-10-20-14)21-13-8-6-12(19-2)7-9-13/h6-9,14-15H,3-5,10-11H2,1-2H3,(H,17,18)/t14-,15+/m0/s1. The number of rotatable bonds is 7. The van der Waals surface area contributed by atoms with Crippen molar-refractivity contribution in [1.82, 2.24) is 5.32 Å². The summed E-state index contributed by atoms with van der Waals surface area (Å²) >= 11 is 0. The smallest absolute Gasteiger partial charge is 0.261 e. The highest BCUT2D eigenvalue weighted by Gasteiger charge is 2.21. The molecular weight excluding hydrogens is 270 g/mol. The summed E-state index contributed by atoms with van der Waals surface area (Å²) in [4.78, 5) is 12.1. The van der Waals surface area contributed by atoms with E-state index in [1.54, 1.807) is 19.2 Å². The number of amides is 1. The maximum Gasteiger partial charge on any atom is 0.261 e. The first-order valence-corrected chi connectivity index (χ1v) is 7.43. The normalized spacial score (nSPS) is 19.0. The second-order valence-corrected chi connectivity index (χ2v) is 5.07. The number of carbonyl (C=O) groups is 1. The molecule has 0 unspecified atom stereocenters. The predicted octanol–water partition coefficient (Wildman–Crippen LogP) is 2.15. The molecule has 0 bridgehead atoms. The molecule has 1 fully saturated rings. The van der Waals surface area contributed by atoms with Crippen LogP contribution in [0, 0.1) is 0 Å². The minimum Gasteiger partial charge on any atom is -0.497 e. The lowest BCUT2D eigenvalue weighted by molar-refractivity contribution is -0.128. The summed E-state index contributed by atoms with van der Waals surface area (Å²) in [6, 6.07) is 7.22. The van der Waals surface area contributed by atoms with Crippen LogP contribution in [0.1, 0.15) is 26.2 Å². The van der Waals surface area contributed by atoms with Crippen LogP contribution in [0.5, 0.6) is 11.5 Å². The quantitative estimate of drug-likeness (QED) is 0.837. The van der Waals surface area contributed by atoms with Gasteiger partial charge in [0.2, 0.25) is 0 Å². The van der Waals surface area contributed by atoms with Gasteiger partial charge in [-0.15, -0.1) is 0 Å². The van der Waals surface area contributed by atoms with E-state index in [9.17, 15) is 4.79 Å². The van der Waals surface area contributed by atoms with Crippen molar-refractivity contribution in [1.29, 1.82) is 0 Å². The van der Waals surface area contributed by atoms with Crippen molar-refractivity contribution in [3.05, 3.63) is 24.3 Å². The van der Waals surface area contributed by atoms with Crippen LogP contribution >= 0.6 is 0 Å². The second kappa shape index (κ2) is 7.88. The summed E-state index contributed by atoms with van der Waals surface area (Å²) in [6.07, 6.45) is 2.35. The molecule has 1 aromatic rings. The Labute approximate surface area is 125 Å². The fourth-order valence-electron chi connectivity index (χ4n) is 2.27. The Bertz CT molecular complexity index is 440. The lowest BCUT2D eigenvalue weighted by atomic mass is 10.2. The van der Waals surface area contributed by atoms with Crippen molar-refractivity contribution < 1.29 is 19.0 Å². The fraction of sp³-hybridized carbons (Fsp3) is 0.562. The molecule has 0 aromatic heterocycles. The maximum atomic E-state index is 12.1. The van der Waals surface area contributed by atoms with Gasteiger partial charge in [0, 0.05) is 13.2 Å². The van der Waals surface area contributed by atoms with Crippen molar-refractivity contribution in [3.8, 4) is 11.5 Å². The fourth-order valence-corrected chi connectivity index (χ4v) is 2.27. The average Bonchev–Trinajstić information content (AvgIpc) is 3.04. The number of benzene rings is 1. The molecular formula is C16H23NO4. The Morgan fingerprint density at radius 2 is 2.10 bits per heavy atom. The van der Waals surface area contributed by atoms with Crippen LogP contribution in [0.4, 0.5) is 0 Å². The summed E-state index contributed by atoms with van der Waals surface area (Å²) in [6.45, 7) is 3.28. The third-order valence-electron chi connectivity index (χ3n) is 3.53. The monoisotopic (exact) mass is 293 g/mol. The van der Waals surface area contributed by atoms with Gasteiger partial charge in [0.25, 0.3) is 5.91 Å². The van der Waals surface area contributed by atoms with Gasteiger partial charge in [-0.1, -0.05) is 6.92 Å². The first kappa shape index (κ1) is 15.6. The summed E-state index contributed by atoms with van der Waals surface area (Å²) < 4.78 is 16.3. The van der Waals surface area contributed by atoms with Crippen LogP contribution < -0.4 is 14.8 Å². The van der Waals surface area contributed by atoms with Gasteiger partial charge in [-0.05, 0) is 43.5 Å². The van der Waals surface area contributed by atoms with E-state index in [0.717, 1.165) is 25.2 Å². The Balaban J connectivity index is 1.83. The van der Waals surface area contributed by atoms with E-state index in [2.05, 4.69) is 5.32 Å². The molecule has 2 atom stereocenters. The molecule has 1 heterocycles. The van der Waals surface area contributed by atoms with Gasteiger partial charge >= 0.3 is 0 Å². The zero-order valence-electron chi connectivity index (χ0n) is 12.6. The number of hydrogen-bond acceptors (Lipinski definition) is 4. The van der Waals surface area contributed by atoms with Crippen LogP contribution in [0.25, 0.3) is 0 Å². The van der Waals surface area contributed by atoms with Gasteiger partial charge in [0.15, 0.2) is 6.10 Å². The number of hydrogen-bond donors (Lipinski definition) is 1. The van der Waals surface area contributed by atoms with Gasteiger partial charge in [-0.25, -0.2) is 0 Å². The van der Waals surface area contributed by atoms with Crippen molar-refractivity contribution in [3.63, 3.8) is 0 Å². The molecule has 1 aliphatic heterocycles. The molecule has 0 saturated carbocycles. The highest BCUT2D eigenvalue weighted by molar-refractivity contribution is 5.81. The maximum absolute atomic E-state index is 12.1. The van der Waals surface area contributed by atoms with Crippen molar-refractivity contribution in [2.45, 2.75) is 38.4 Å². The van der Waals surface area contributed by atoms with Crippen LogP contribution in [0.15, 0.2) is 24.3 Å². The van der Waals surface area contributed by atoms with E-state index in [1.807, 2.05) is 19.1 Å². The van der Waals surface area contributed by atoms with Gasteiger partial charge in [-0.2, -0.15) is 0 Å². The van der Waals surface area contributed by atoms with Gasteiger partial charge in [0.05, 0.1) is 13.2 Å². The number of methoxy groups -OCH3 is 1. The van der Waals surface area contributed by atoms with E-state index >= 15 is 0 Å². The van der Waals surface area contributed by atoms with Crippen molar-refractivity contribution in [2.75, 3.05) is 20.3 Å². The first-order valence-electron chi connectivity index (χ1n) is 7.43.